The number of anilines is 1. The number of ether oxygens (including phenoxy) is 2. The van der Waals surface area contributed by atoms with E-state index in [0.717, 1.165) is 19.4 Å². The van der Waals surface area contributed by atoms with Crippen LogP contribution in [-0.4, -0.2) is 42.8 Å². The molecule has 0 aromatic heterocycles. The Morgan fingerprint density at radius 1 is 1.09 bits per heavy atom. The summed E-state index contributed by atoms with van der Waals surface area (Å²) in [6.45, 7) is 5.77. The molecule has 2 aromatic rings. The van der Waals surface area contributed by atoms with Crippen molar-refractivity contribution < 1.29 is 19.1 Å². The van der Waals surface area contributed by atoms with Gasteiger partial charge in [0.15, 0.2) is 5.11 Å². The first-order valence-corrected chi connectivity index (χ1v) is 11.2. The molecule has 0 saturated carbocycles. The lowest BCUT2D eigenvalue weighted by atomic mass is 10.1. The molecule has 1 aliphatic rings. The highest BCUT2D eigenvalue weighted by Gasteiger charge is 2.19. The minimum atomic E-state index is -0.387. The first kappa shape index (κ1) is 23.7. The highest BCUT2D eigenvalue weighted by Crippen LogP contribution is 2.19. The Morgan fingerprint density at radius 3 is 2.53 bits per heavy atom. The Balaban J connectivity index is 1.62. The molecule has 8 heteroatoms. The van der Waals surface area contributed by atoms with Crippen molar-refractivity contribution in [2.75, 3.05) is 25.1 Å². The van der Waals surface area contributed by atoms with Crippen molar-refractivity contribution in [1.82, 2.24) is 10.6 Å². The quantitative estimate of drug-likeness (QED) is 0.526. The van der Waals surface area contributed by atoms with Gasteiger partial charge in [0.05, 0.1) is 29.5 Å². The molecule has 3 rings (SSSR count). The predicted octanol–water partition coefficient (Wildman–Crippen LogP) is 3.76. The van der Waals surface area contributed by atoms with Crippen molar-refractivity contribution in [3.8, 4) is 5.75 Å². The van der Waals surface area contributed by atoms with E-state index in [2.05, 4.69) is 16.0 Å². The molecule has 3 N–H and O–H groups in total. The van der Waals surface area contributed by atoms with Crippen molar-refractivity contribution in [3.63, 3.8) is 0 Å². The van der Waals surface area contributed by atoms with Crippen LogP contribution in [0.3, 0.4) is 0 Å². The lowest BCUT2D eigenvalue weighted by Crippen LogP contribution is -2.36. The van der Waals surface area contributed by atoms with E-state index in [0.29, 0.717) is 41.6 Å². The second-order valence-electron chi connectivity index (χ2n) is 8.00. The summed E-state index contributed by atoms with van der Waals surface area (Å²) in [6.07, 6.45) is 2.01. The number of amides is 2. The van der Waals surface area contributed by atoms with Gasteiger partial charge in [-0.3, -0.25) is 14.9 Å². The molecule has 170 valence electrons. The van der Waals surface area contributed by atoms with Crippen molar-refractivity contribution in [2.24, 2.45) is 5.92 Å². The van der Waals surface area contributed by atoms with E-state index < -0.39 is 0 Å². The normalized spacial score (nSPS) is 15.3. The number of carbonyl (C=O) groups is 2. The minimum absolute atomic E-state index is 0.0532. The van der Waals surface area contributed by atoms with Gasteiger partial charge in [-0.05, 0) is 55.2 Å². The van der Waals surface area contributed by atoms with E-state index in [4.69, 9.17) is 21.7 Å². The fourth-order valence-corrected chi connectivity index (χ4v) is 3.46. The van der Waals surface area contributed by atoms with Crippen LogP contribution in [-0.2, 0) is 4.74 Å². The number of thiocarbonyl (C=S) groups is 1. The number of carbonyl (C=O) groups excluding carboxylic acids is 2. The smallest absolute Gasteiger partial charge is 0.261 e. The van der Waals surface area contributed by atoms with Crippen LogP contribution in [0.1, 0.15) is 47.4 Å². The van der Waals surface area contributed by atoms with Crippen LogP contribution in [0, 0.1) is 5.92 Å². The summed E-state index contributed by atoms with van der Waals surface area (Å²) in [6, 6.07) is 14.0. The Labute approximate surface area is 193 Å². The summed E-state index contributed by atoms with van der Waals surface area (Å²) in [4.78, 5) is 25.4. The molecule has 1 unspecified atom stereocenters. The monoisotopic (exact) mass is 455 g/mol. The van der Waals surface area contributed by atoms with Crippen LogP contribution in [0.4, 0.5) is 5.69 Å². The van der Waals surface area contributed by atoms with Crippen LogP contribution in [0.2, 0.25) is 0 Å². The zero-order chi connectivity index (χ0) is 22.9. The highest BCUT2D eigenvalue weighted by molar-refractivity contribution is 7.80. The van der Waals surface area contributed by atoms with Gasteiger partial charge in [0.1, 0.15) is 5.75 Å². The van der Waals surface area contributed by atoms with E-state index in [-0.39, 0.29) is 23.0 Å². The average molecular weight is 456 g/mol. The second kappa shape index (κ2) is 11.6. The maximum absolute atomic E-state index is 12.8. The molecule has 0 radical (unpaired) electrons. The third-order valence-corrected chi connectivity index (χ3v) is 5.07. The number of para-hydroxylation sites is 2. The predicted molar refractivity (Wildman–Crippen MR) is 128 cm³/mol. The molecule has 1 aliphatic heterocycles. The summed E-state index contributed by atoms with van der Waals surface area (Å²) >= 11 is 5.32. The molecule has 0 bridgehead atoms. The first-order chi connectivity index (χ1) is 15.4. The van der Waals surface area contributed by atoms with Gasteiger partial charge in [-0.25, -0.2) is 0 Å². The molecule has 7 nitrogen and oxygen atoms in total. The number of nitrogens with one attached hydrogen (secondary N) is 3. The largest absolute Gasteiger partial charge is 0.492 e. The number of hydrogen-bond donors (Lipinski definition) is 3. The van der Waals surface area contributed by atoms with Crippen LogP contribution in [0.25, 0.3) is 0 Å². The van der Waals surface area contributed by atoms with Crippen LogP contribution in [0.15, 0.2) is 48.5 Å². The third kappa shape index (κ3) is 6.77. The van der Waals surface area contributed by atoms with Crippen molar-refractivity contribution in [2.45, 2.75) is 32.8 Å². The van der Waals surface area contributed by atoms with Gasteiger partial charge in [0, 0.05) is 13.2 Å². The molecule has 2 amide bonds. The zero-order valence-electron chi connectivity index (χ0n) is 18.4. The van der Waals surface area contributed by atoms with E-state index in [9.17, 15) is 9.59 Å². The van der Waals surface area contributed by atoms with Crippen LogP contribution >= 0.6 is 12.2 Å². The maximum Gasteiger partial charge on any atom is 0.261 e. The molecule has 0 spiro atoms. The van der Waals surface area contributed by atoms with E-state index in [1.54, 1.807) is 42.5 Å². The van der Waals surface area contributed by atoms with Gasteiger partial charge in [-0.2, -0.15) is 0 Å². The summed E-state index contributed by atoms with van der Waals surface area (Å²) in [5.41, 5.74) is 1.33. The molecule has 1 atom stereocenters. The SMILES string of the molecule is CC(C)COc1ccccc1C(=O)NC(=S)Nc1ccccc1C(=O)NCC1CCCO1. The standard InChI is InChI=1S/C24H29N3O4S/c1-16(2)15-31-21-12-6-4-10-19(21)23(29)27-24(32)26-20-11-5-3-9-18(20)22(28)25-14-17-8-7-13-30-17/h3-6,9-12,16-17H,7-8,13-15H2,1-2H3,(H,25,28)(H2,26,27,29,32). The molecule has 1 heterocycles. The first-order valence-electron chi connectivity index (χ1n) is 10.8. The lowest BCUT2D eigenvalue weighted by Gasteiger charge is -2.16. The molecule has 32 heavy (non-hydrogen) atoms. The summed E-state index contributed by atoms with van der Waals surface area (Å²) in [7, 11) is 0. The second-order valence-corrected chi connectivity index (χ2v) is 8.41. The number of benzene rings is 2. The van der Waals surface area contributed by atoms with Crippen molar-refractivity contribution >= 4 is 34.8 Å². The number of hydrogen-bond acceptors (Lipinski definition) is 5. The highest BCUT2D eigenvalue weighted by atomic mass is 32.1. The maximum atomic E-state index is 12.8. The summed E-state index contributed by atoms with van der Waals surface area (Å²) in [5, 5.41) is 8.61. The molecular formula is C24H29N3O4S. The van der Waals surface area contributed by atoms with E-state index >= 15 is 0 Å². The van der Waals surface area contributed by atoms with Crippen LogP contribution < -0.4 is 20.7 Å². The van der Waals surface area contributed by atoms with Gasteiger partial charge >= 0.3 is 0 Å². The molecule has 1 saturated heterocycles. The van der Waals surface area contributed by atoms with Gasteiger partial charge in [0.2, 0.25) is 0 Å². The molecule has 0 aliphatic carbocycles. The average Bonchev–Trinajstić information content (AvgIpc) is 3.30. The zero-order valence-corrected chi connectivity index (χ0v) is 19.2. The Hall–Kier alpha value is -2.97. The fraction of sp³-hybridized carbons (Fsp3) is 0.375. The Kier molecular flexibility index (Phi) is 8.58. The third-order valence-electron chi connectivity index (χ3n) is 4.87. The topological polar surface area (TPSA) is 88.7 Å². The van der Waals surface area contributed by atoms with Gasteiger partial charge < -0.3 is 20.1 Å². The molecular weight excluding hydrogens is 426 g/mol. The van der Waals surface area contributed by atoms with E-state index in [1.807, 2.05) is 19.9 Å². The van der Waals surface area contributed by atoms with Gasteiger partial charge in [-0.15, -0.1) is 0 Å². The number of rotatable bonds is 8. The molecule has 2 aromatic carbocycles. The lowest BCUT2D eigenvalue weighted by molar-refractivity contribution is 0.0858. The van der Waals surface area contributed by atoms with Crippen molar-refractivity contribution in [3.05, 3.63) is 59.7 Å². The van der Waals surface area contributed by atoms with Crippen LogP contribution in [0.5, 0.6) is 5.75 Å². The summed E-state index contributed by atoms with van der Waals surface area (Å²) < 4.78 is 11.3. The Morgan fingerprint density at radius 2 is 1.81 bits per heavy atom. The van der Waals surface area contributed by atoms with Gasteiger partial charge in [-0.1, -0.05) is 38.1 Å². The summed E-state index contributed by atoms with van der Waals surface area (Å²) in [5.74, 6) is 0.208. The van der Waals surface area contributed by atoms with E-state index in [1.165, 1.54) is 0 Å². The minimum Gasteiger partial charge on any atom is -0.492 e. The Bertz CT molecular complexity index is 958. The fourth-order valence-electron chi connectivity index (χ4n) is 3.26. The van der Waals surface area contributed by atoms with Gasteiger partial charge in [0.25, 0.3) is 11.8 Å². The molecule has 1 fully saturated rings. The van der Waals surface area contributed by atoms with Crippen molar-refractivity contribution in [1.29, 1.82) is 0 Å².